The van der Waals surface area contributed by atoms with Gasteiger partial charge in [-0.25, -0.2) is 9.37 Å². The molecule has 4 heteroatoms. The molecule has 1 fully saturated rings. The SMILES string of the molecule is OCc1cc(F)cnc1N1CCCCC1. The number of rotatable bonds is 2. The largest absolute Gasteiger partial charge is 0.392 e. The Balaban J connectivity index is 2.25. The van der Waals surface area contributed by atoms with E-state index in [-0.39, 0.29) is 12.4 Å². The lowest BCUT2D eigenvalue weighted by molar-refractivity contribution is 0.280. The van der Waals surface area contributed by atoms with Gasteiger partial charge in [0.25, 0.3) is 0 Å². The summed E-state index contributed by atoms with van der Waals surface area (Å²) in [6.07, 6.45) is 4.74. The van der Waals surface area contributed by atoms with Gasteiger partial charge in [0, 0.05) is 18.7 Å². The number of aromatic nitrogens is 1. The summed E-state index contributed by atoms with van der Waals surface area (Å²) in [5.41, 5.74) is 0.580. The molecule has 1 aromatic heterocycles. The Morgan fingerprint density at radius 2 is 2.07 bits per heavy atom. The molecule has 1 aromatic rings. The maximum atomic E-state index is 12.9. The van der Waals surface area contributed by atoms with E-state index in [1.165, 1.54) is 18.7 Å². The third-order valence-corrected chi connectivity index (χ3v) is 2.74. The lowest BCUT2D eigenvalue weighted by Gasteiger charge is -2.29. The van der Waals surface area contributed by atoms with E-state index in [9.17, 15) is 4.39 Å². The van der Waals surface area contributed by atoms with E-state index in [0.29, 0.717) is 5.56 Å². The van der Waals surface area contributed by atoms with Crippen molar-refractivity contribution in [2.24, 2.45) is 0 Å². The molecular weight excluding hydrogens is 195 g/mol. The molecule has 1 N–H and O–H groups in total. The first-order valence-electron chi connectivity index (χ1n) is 5.31. The summed E-state index contributed by atoms with van der Waals surface area (Å²) in [7, 11) is 0. The quantitative estimate of drug-likeness (QED) is 0.807. The van der Waals surface area contributed by atoms with E-state index in [2.05, 4.69) is 9.88 Å². The summed E-state index contributed by atoms with van der Waals surface area (Å²) in [6.45, 7) is 1.74. The number of pyridine rings is 1. The van der Waals surface area contributed by atoms with Gasteiger partial charge in [0.05, 0.1) is 12.8 Å². The first-order chi connectivity index (χ1) is 7.31. The average molecular weight is 210 g/mol. The van der Waals surface area contributed by atoms with E-state index in [1.807, 2.05) is 0 Å². The van der Waals surface area contributed by atoms with Crippen molar-refractivity contribution in [1.29, 1.82) is 0 Å². The first kappa shape index (κ1) is 10.4. The number of piperidine rings is 1. The molecule has 0 saturated carbocycles. The predicted molar refractivity (Wildman–Crippen MR) is 56.2 cm³/mol. The van der Waals surface area contributed by atoms with E-state index < -0.39 is 0 Å². The Labute approximate surface area is 88.6 Å². The molecule has 0 bridgehead atoms. The number of hydrogen-bond acceptors (Lipinski definition) is 3. The lowest BCUT2D eigenvalue weighted by Crippen LogP contribution is -2.31. The summed E-state index contributed by atoms with van der Waals surface area (Å²) in [5, 5.41) is 9.14. The number of aliphatic hydroxyl groups excluding tert-OH is 1. The summed E-state index contributed by atoms with van der Waals surface area (Å²) < 4.78 is 12.9. The highest BCUT2D eigenvalue weighted by atomic mass is 19.1. The maximum Gasteiger partial charge on any atom is 0.142 e. The fourth-order valence-electron chi connectivity index (χ4n) is 1.98. The molecule has 1 saturated heterocycles. The standard InChI is InChI=1S/C11H15FN2O/c12-10-6-9(8-15)11(13-7-10)14-4-2-1-3-5-14/h6-7,15H,1-5,8H2. The van der Waals surface area contributed by atoms with Crippen LogP contribution in [0.3, 0.4) is 0 Å². The minimum atomic E-state index is -0.389. The van der Waals surface area contributed by atoms with Crippen molar-refractivity contribution in [3.05, 3.63) is 23.6 Å². The van der Waals surface area contributed by atoms with Gasteiger partial charge < -0.3 is 10.0 Å². The molecule has 1 aliphatic heterocycles. The summed E-state index contributed by atoms with van der Waals surface area (Å²) >= 11 is 0. The summed E-state index contributed by atoms with van der Waals surface area (Å²) in [4.78, 5) is 6.18. The van der Waals surface area contributed by atoms with Crippen molar-refractivity contribution in [3.63, 3.8) is 0 Å². The average Bonchev–Trinajstić information content (AvgIpc) is 2.30. The maximum absolute atomic E-state index is 12.9. The predicted octanol–water partition coefficient (Wildman–Crippen LogP) is 1.70. The minimum Gasteiger partial charge on any atom is -0.392 e. The van der Waals surface area contributed by atoms with Gasteiger partial charge in [-0.3, -0.25) is 0 Å². The molecule has 0 aliphatic carbocycles. The van der Waals surface area contributed by atoms with Crippen molar-refractivity contribution in [1.82, 2.24) is 4.98 Å². The fraction of sp³-hybridized carbons (Fsp3) is 0.545. The molecule has 15 heavy (non-hydrogen) atoms. The van der Waals surface area contributed by atoms with Crippen LogP contribution in [0.15, 0.2) is 12.3 Å². The van der Waals surface area contributed by atoms with Crippen LogP contribution in [0.5, 0.6) is 0 Å². The Kier molecular flexibility index (Phi) is 3.16. The Morgan fingerprint density at radius 1 is 1.33 bits per heavy atom. The van der Waals surface area contributed by atoms with Crippen molar-refractivity contribution in [2.45, 2.75) is 25.9 Å². The first-order valence-corrected chi connectivity index (χ1v) is 5.31. The molecule has 0 unspecified atom stereocenters. The van der Waals surface area contributed by atoms with Crippen molar-refractivity contribution in [3.8, 4) is 0 Å². The normalized spacial score (nSPS) is 16.8. The van der Waals surface area contributed by atoms with Crippen LogP contribution >= 0.6 is 0 Å². The van der Waals surface area contributed by atoms with Gasteiger partial charge in [-0.05, 0) is 25.3 Å². The van der Waals surface area contributed by atoms with Gasteiger partial charge in [0.2, 0.25) is 0 Å². The van der Waals surface area contributed by atoms with Crippen LogP contribution in [-0.4, -0.2) is 23.2 Å². The second-order valence-corrected chi connectivity index (χ2v) is 3.84. The highest BCUT2D eigenvalue weighted by Crippen LogP contribution is 2.22. The van der Waals surface area contributed by atoms with E-state index in [4.69, 9.17) is 5.11 Å². The molecular formula is C11H15FN2O. The second-order valence-electron chi connectivity index (χ2n) is 3.84. The van der Waals surface area contributed by atoms with Crippen LogP contribution in [0.4, 0.5) is 10.2 Å². The number of hydrogen-bond donors (Lipinski definition) is 1. The zero-order chi connectivity index (χ0) is 10.7. The molecule has 2 heterocycles. The van der Waals surface area contributed by atoms with Gasteiger partial charge in [-0.2, -0.15) is 0 Å². The Morgan fingerprint density at radius 3 is 2.73 bits per heavy atom. The topological polar surface area (TPSA) is 36.4 Å². The second kappa shape index (κ2) is 4.57. The fourth-order valence-corrected chi connectivity index (χ4v) is 1.98. The molecule has 1 aliphatic rings. The van der Waals surface area contributed by atoms with E-state index >= 15 is 0 Å². The highest BCUT2D eigenvalue weighted by Gasteiger charge is 2.15. The third-order valence-electron chi connectivity index (χ3n) is 2.74. The summed E-state index contributed by atoms with van der Waals surface area (Å²) in [5.74, 6) is 0.346. The van der Waals surface area contributed by atoms with Crippen LogP contribution in [0, 0.1) is 5.82 Å². The minimum absolute atomic E-state index is 0.156. The van der Waals surface area contributed by atoms with Crippen LogP contribution in [0.25, 0.3) is 0 Å². The zero-order valence-corrected chi connectivity index (χ0v) is 8.62. The Bertz CT molecular complexity index is 337. The number of aliphatic hydroxyl groups is 1. The molecule has 0 atom stereocenters. The van der Waals surface area contributed by atoms with Crippen LogP contribution in [0.2, 0.25) is 0 Å². The van der Waals surface area contributed by atoms with E-state index in [1.54, 1.807) is 0 Å². The molecule has 0 amide bonds. The van der Waals surface area contributed by atoms with Crippen LogP contribution < -0.4 is 4.90 Å². The van der Waals surface area contributed by atoms with Crippen molar-refractivity contribution < 1.29 is 9.50 Å². The highest BCUT2D eigenvalue weighted by molar-refractivity contribution is 5.46. The molecule has 3 nitrogen and oxygen atoms in total. The smallest absolute Gasteiger partial charge is 0.142 e. The van der Waals surface area contributed by atoms with Gasteiger partial charge in [-0.15, -0.1) is 0 Å². The molecule has 0 radical (unpaired) electrons. The molecule has 82 valence electrons. The van der Waals surface area contributed by atoms with Crippen molar-refractivity contribution >= 4 is 5.82 Å². The lowest BCUT2D eigenvalue weighted by atomic mass is 10.1. The van der Waals surface area contributed by atoms with Gasteiger partial charge >= 0.3 is 0 Å². The Hall–Kier alpha value is -1.16. The van der Waals surface area contributed by atoms with Gasteiger partial charge in [-0.1, -0.05) is 0 Å². The van der Waals surface area contributed by atoms with Gasteiger partial charge in [0.1, 0.15) is 11.6 Å². The third kappa shape index (κ3) is 2.26. The van der Waals surface area contributed by atoms with Crippen molar-refractivity contribution in [2.75, 3.05) is 18.0 Å². The molecule has 0 spiro atoms. The monoisotopic (exact) mass is 210 g/mol. The number of anilines is 1. The zero-order valence-electron chi connectivity index (χ0n) is 8.62. The van der Waals surface area contributed by atoms with E-state index in [0.717, 1.165) is 31.7 Å². The molecule has 0 aromatic carbocycles. The van der Waals surface area contributed by atoms with Gasteiger partial charge in [0.15, 0.2) is 0 Å². The summed E-state index contributed by atoms with van der Waals surface area (Å²) in [6, 6.07) is 1.36. The number of halogens is 1. The number of nitrogens with zero attached hydrogens (tertiary/aromatic N) is 2. The van der Waals surface area contributed by atoms with Crippen LogP contribution in [-0.2, 0) is 6.61 Å². The molecule has 2 rings (SSSR count). The van der Waals surface area contributed by atoms with Crippen LogP contribution in [0.1, 0.15) is 24.8 Å².